The Morgan fingerprint density at radius 2 is 1.51 bits per heavy atom. The van der Waals surface area contributed by atoms with Gasteiger partial charge in [-0.25, -0.2) is 0 Å². The van der Waals surface area contributed by atoms with Crippen LogP contribution in [0.15, 0.2) is 21.5 Å². The summed E-state index contributed by atoms with van der Waals surface area (Å²) in [5, 5.41) is 0. The van der Waals surface area contributed by atoms with Crippen molar-refractivity contribution in [3.8, 4) is 0 Å². The van der Waals surface area contributed by atoms with Crippen LogP contribution in [0.3, 0.4) is 0 Å². The van der Waals surface area contributed by atoms with E-state index in [2.05, 4.69) is 34.6 Å². The molecule has 0 spiro atoms. The first kappa shape index (κ1) is 31.1. The molecule has 4 saturated carbocycles. The quantitative estimate of drug-likeness (QED) is 0.189. The number of Topliss-reactive ketones (excluding diaryl/α,β-unsaturated/α-hetero) is 2. The molecule has 7 heteroatoms. The van der Waals surface area contributed by atoms with E-state index in [9.17, 15) is 19.2 Å². The van der Waals surface area contributed by atoms with Crippen molar-refractivity contribution < 1.29 is 23.9 Å². The number of thioether (sulfide) groups is 2. The number of carbonyl (C=O) groups is 4. The van der Waals surface area contributed by atoms with Gasteiger partial charge < -0.3 is 4.74 Å². The van der Waals surface area contributed by atoms with Crippen LogP contribution < -0.4 is 0 Å². The highest BCUT2D eigenvalue weighted by atomic mass is 32.2. The standard InChI is InChI=1S/C34H48O5S2/c1-29(2)13-15-34(28(38)39-8)16-14-32(6)23(19(34)18-29)20(35)17-22-31(32,5)12-11-21-30(3,4)26(37)25(36)24(33(21,22)7)27(40-9)41-10/h17,19,21,23H,11-16,18H2,1-10H3/t19-,21-,23-,31+,32+,33-,34-/m0/s1. The summed E-state index contributed by atoms with van der Waals surface area (Å²) in [6.07, 6.45) is 11.5. The van der Waals surface area contributed by atoms with E-state index in [0.717, 1.165) is 54.8 Å². The fraction of sp³-hybridized carbons (Fsp3) is 0.765. The maximum absolute atomic E-state index is 14.7. The van der Waals surface area contributed by atoms with Crippen LogP contribution in [0.2, 0.25) is 0 Å². The predicted octanol–water partition coefficient (Wildman–Crippen LogP) is 7.44. The fourth-order valence-corrected chi connectivity index (χ4v) is 12.4. The van der Waals surface area contributed by atoms with E-state index >= 15 is 0 Å². The highest BCUT2D eigenvalue weighted by Gasteiger charge is 2.72. The van der Waals surface area contributed by atoms with Gasteiger partial charge in [-0.2, -0.15) is 0 Å². The topological polar surface area (TPSA) is 77.5 Å². The van der Waals surface area contributed by atoms with E-state index in [1.54, 1.807) is 0 Å². The van der Waals surface area contributed by atoms with E-state index in [4.69, 9.17) is 4.74 Å². The molecule has 0 saturated heterocycles. The third-order valence-electron chi connectivity index (χ3n) is 13.1. The molecule has 0 aliphatic heterocycles. The normalized spacial score (nSPS) is 42.8. The second kappa shape index (κ2) is 9.58. The zero-order valence-corrected chi connectivity index (χ0v) is 28.2. The second-order valence-corrected chi connectivity index (χ2v) is 17.4. The maximum atomic E-state index is 14.7. The molecule has 0 aromatic heterocycles. The van der Waals surface area contributed by atoms with Gasteiger partial charge in [0.25, 0.3) is 0 Å². The molecule has 0 amide bonds. The predicted molar refractivity (Wildman–Crippen MR) is 166 cm³/mol. The van der Waals surface area contributed by atoms with Crippen molar-refractivity contribution in [1.29, 1.82) is 0 Å². The van der Waals surface area contributed by atoms with Crippen molar-refractivity contribution in [2.75, 3.05) is 19.6 Å². The van der Waals surface area contributed by atoms with Gasteiger partial charge >= 0.3 is 5.97 Å². The van der Waals surface area contributed by atoms with E-state index in [1.807, 2.05) is 32.4 Å². The summed E-state index contributed by atoms with van der Waals surface area (Å²) >= 11 is 3.05. The van der Waals surface area contributed by atoms with Crippen LogP contribution in [0, 0.1) is 50.2 Å². The Hall–Kier alpha value is -1.34. The summed E-state index contributed by atoms with van der Waals surface area (Å²) in [7, 11) is 1.48. The fourth-order valence-electron chi connectivity index (χ4n) is 10.7. The largest absolute Gasteiger partial charge is 0.469 e. The summed E-state index contributed by atoms with van der Waals surface area (Å²) in [4.78, 5) is 55.8. The summed E-state index contributed by atoms with van der Waals surface area (Å²) in [6, 6.07) is 0. The average Bonchev–Trinajstić information content (AvgIpc) is 2.90. The molecular weight excluding hydrogens is 553 g/mol. The molecular formula is C34H48O5S2. The second-order valence-electron chi connectivity index (χ2n) is 15.6. The third-order valence-corrected chi connectivity index (χ3v) is 15.3. The number of methoxy groups -OCH3 is 1. The highest BCUT2D eigenvalue weighted by molar-refractivity contribution is 8.21. The van der Waals surface area contributed by atoms with Gasteiger partial charge in [-0.05, 0) is 97.2 Å². The molecule has 0 aromatic rings. The van der Waals surface area contributed by atoms with Crippen LogP contribution >= 0.6 is 23.5 Å². The van der Waals surface area contributed by atoms with Crippen LogP contribution in [-0.4, -0.2) is 42.9 Å². The summed E-state index contributed by atoms with van der Waals surface area (Å²) < 4.78 is 6.32. The Morgan fingerprint density at radius 1 is 0.902 bits per heavy atom. The van der Waals surface area contributed by atoms with Gasteiger partial charge in [-0.15, -0.1) is 23.5 Å². The number of ether oxygens (including phenoxy) is 1. The highest BCUT2D eigenvalue weighted by Crippen LogP contribution is 2.75. The first-order valence-electron chi connectivity index (χ1n) is 15.2. The Morgan fingerprint density at radius 3 is 2.10 bits per heavy atom. The van der Waals surface area contributed by atoms with Gasteiger partial charge in [0.05, 0.1) is 12.5 Å². The van der Waals surface area contributed by atoms with Gasteiger partial charge in [0.2, 0.25) is 11.6 Å². The zero-order valence-electron chi connectivity index (χ0n) is 26.6. The van der Waals surface area contributed by atoms with Crippen molar-refractivity contribution in [2.45, 2.75) is 93.4 Å². The first-order valence-corrected chi connectivity index (χ1v) is 17.6. The van der Waals surface area contributed by atoms with E-state index in [1.165, 1.54) is 30.6 Å². The minimum Gasteiger partial charge on any atom is -0.469 e. The molecule has 0 heterocycles. The molecule has 0 N–H and O–H groups in total. The number of fused-ring (bicyclic) bond motifs is 7. The van der Waals surface area contributed by atoms with Crippen LogP contribution in [0.5, 0.6) is 0 Å². The van der Waals surface area contributed by atoms with Gasteiger partial charge in [0.15, 0.2) is 5.78 Å². The Labute approximate surface area is 254 Å². The molecule has 5 rings (SSSR count). The van der Waals surface area contributed by atoms with Crippen molar-refractivity contribution in [2.24, 2.45) is 50.2 Å². The van der Waals surface area contributed by atoms with Crippen molar-refractivity contribution in [1.82, 2.24) is 0 Å². The Kier molecular flexibility index (Phi) is 7.26. The third kappa shape index (κ3) is 3.82. The van der Waals surface area contributed by atoms with Crippen molar-refractivity contribution >= 4 is 46.8 Å². The SMILES string of the molecule is COC(=O)[C@]12CCC(C)(C)C[C@H]1[C@H]1C(=O)C=C3[C@@]4(C)C(=C(SC)SC)C(=O)C(=O)C(C)(C)[C@@H]4CC[C@@]3(C)[C@]1(C)CC2. The molecule has 226 valence electrons. The molecule has 41 heavy (non-hydrogen) atoms. The minimum absolute atomic E-state index is 0.0386. The summed E-state index contributed by atoms with van der Waals surface area (Å²) in [5.41, 5.74) is -1.24. The number of ketones is 3. The van der Waals surface area contributed by atoms with E-state index in [-0.39, 0.29) is 57.3 Å². The molecule has 5 aliphatic carbocycles. The number of esters is 1. The van der Waals surface area contributed by atoms with Gasteiger partial charge in [-0.3, -0.25) is 19.2 Å². The van der Waals surface area contributed by atoms with Crippen LogP contribution in [0.25, 0.3) is 0 Å². The first-order chi connectivity index (χ1) is 18.9. The number of hydrogen-bond donors (Lipinski definition) is 0. The smallest absolute Gasteiger partial charge is 0.312 e. The summed E-state index contributed by atoms with van der Waals surface area (Å²) in [6.45, 7) is 15.2. The van der Waals surface area contributed by atoms with Crippen LogP contribution in [-0.2, 0) is 23.9 Å². The van der Waals surface area contributed by atoms with Gasteiger partial charge in [-0.1, -0.05) is 48.5 Å². The Bertz CT molecular complexity index is 1290. The minimum atomic E-state index is -0.819. The van der Waals surface area contributed by atoms with Crippen LogP contribution in [0.1, 0.15) is 93.4 Å². The average molecular weight is 601 g/mol. The monoisotopic (exact) mass is 600 g/mol. The number of carbonyl (C=O) groups excluding carboxylic acids is 4. The molecule has 0 bridgehead atoms. The zero-order chi connectivity index (χ0) is 30.6. The van der Waals surface area contributed by atoms with Crippen LogP contribution in [0.4, 0.5) is 0 Å². The molecule has 4 fully saturated rings. The van der Waals surface area contributed by atoms with E-state index in [0.29, 0.717) is 5.57 Å². The van der Waals surface area contributed by atoms with Gasteiger partial charge in [0.1, 0.15) is 0 Å². The molecule has 5 nitrogen and oxygen atoms in total. The van der Waals surface area contributed by atoms with Crippen molar-refractivity contribution in [3.63, 3.8) is 0 Å². The Balaban J connectivity index is 1.76. The number of rotatable bonds is 3. The van der Waals surface area contributed by atoms with Crippen molar-refractivity contribution in [3.05, 3.63) is 21.5 Å². The molecule has 0 radical (unpaired) electrons. The maximum Gasteiger partial charge on any atom is 0.312 e. The number of hydrogen-bond acceptors (Lipinski definition) is 7. The lowest BCUT2D eigenvalue weighted by atomic mass is 9.33. The molecule has 5 aliphatic rings. The number of allylic oxidation sites excluding steroid dienone is 3. The molecule has 7 atom stereocenters. The lowest BCUT2D eigenvalue weighted by molar-refractivity contribution is -0.191. The lowest BCUT2D eigenvalue weighted by Crippen LogP contribution is -2.67. The van der Waals surface area contributed by atoms with Gasteiger partial charge in [0, 0.05) is 26.6 Å². The molecule has 0 unspecified atom stereocenters. The summed E-state index contributed by atoms with van der Waals surface area (Å²) in [5.74, 6) is -1.21. The lowest BCUT2D eigenvalue weighted by Gasteiger charge is -2.69. The van der Waals surface area contributed by atoms with E-state index < -0.39 is 16.2 Å². The molecule has 0 aromatic carbocycles.